The zero-order chi connectivity index (χ0) is 21.3. The Morgan fingerprint density at radius 3 is 2.73 bits per heavy atom. The van der Waals surface area contributed by atoms with E-state index in [0.717, 1.165) is 0 Å². The highest BCUT2D eigenvalue weighted by atomic mass is 35.5. The van der Waals surface area contributed by atoms with Crippen LogP contribution < -0.4 is 5.43 Å². The van der Waals surface area contributed by atoms with Crippen LogP contribution in [0.4, 0.5) is 5.69 Å². The molecule has 0 radical (unpaired) electrons. The second kappa shape index (κ2) is 8.02. The molecule has 8 nitrogen and oxygen atoms in total. The summed E-state index contributed by atoms with van der Waals surface area (Å²) < 4.78 is 11.0. The van der Waals surface area contributed by atoms with Gasteiger partial charge >= 0.3 is 5.91 Å². The van der Waals surface area contributed by atoms with Gasteiger partial charge < -0.3 is 8.83 Å². The van der Waals surface area contributed by atoms with Gasteiger partial charge in [0.2, 0.25) is 0 Å². The van der Waals surface area contributed by atoms with Crippen molar-refractivity contribution in [2.75, 3.05) is 0 Å². The minimum Gasteiger partial charge on any atom is -0.455 e. The van der Waals surface area contributed by atoms with Crippen LogP contribution in [-0.4, -0.2) is 17.0 Å². The molecule has 2 aromatic heterocycles. The van der Waals surface area contributed by atoms with Crippen molar-refractivity contribution in [1.82, 2.24) is 5.43 Å². The summed E-state index contributed by atoms with van der Waals surface area (Å²) in [4.78, 5) is 22.5. The molecule has 150 valence electrons. The van der Waals surface area contributed by atoms with Crippen LogP contribution in [0.15, 0.2) is 68.5 Å². The van der Waals surface area contributed by atoms with Gasteiger partial charge in [0.15, 0.2) is 5.76 Å². The molecule has 0 aliphatic carbocycles. The number of nitrogens with zero attached hydrogens (tertiary/aromatic N) is 2. The van der Waals surface area contributed by atoms with E-state index in [-0.39, 0.29) is 11.4 Å². The molecule has 4 aromatic rings. The summed E-state index contributed by atoms with van der Waals surface area (Å²) in [5.74, 6) is 0.221. The monoisotopic (exact) mass is 443 g/mol. The van der Waals surface area contributed by atoms with Crippen molar-refractivity contribution in [1.29, 1.82) is 0 Å². The smallest absolute Gasteiger partial charge is 0.307 e. The Morgan fingerprint density at radius 2 is 1.93 bits per heavy atom. The van der Waals surface area contributed by atoms with Crippen LogP contribution in [0.25, 0.3) is 22.3 Å². The van der Waals surface area contributed by atoms with Crippen LogP contribution in [0, 0.1) is 10.1 Å². The highest BCUT2D eigenvalue weighted by Gasteiger charge is 2.15. The maximum atomic E-state index is 12.2. The number of non-ortho nitro benzene ring substituents is 1. The van der Waals surface area contributed by atoms with Crippen LogP contribution in [0.3, 0.4) is 0 Å². The van der Waals surface area contributed by atoms with Gasteiger partial charge in [-0.2, -0.15) is 5.10 Å². The first-order valence-corrected chi connectivity index (χ1v) is 9.23. The number of hydrazone groups is 1. The first kappa shape index (κ1) is 19.7. The summed E-state index contributed by atoms with van der Waals surface area (Å²) in [6, 6.07) is 14.0. The molecule has 30 heavy (non-hydrogen) atoms. The summed E-state index contributed by atoms with van der Waals surface area (Å²) in [6.45, 7) is 0. The van der Waals surface area contributed by atoms with Gasteiger partial charge in [0.05, 0.1) is 21.2 Å². The minimum absolute atomic E-state index is 0.0338. The van der Waals surface area contributed by atoms with Crippen LogP contribution >= 0.6 is 23.2 Å². The zero-order valence-corrected chi connectivity index (χ0v) is 16.5. The fourth-order valence-corrected chi connectivity index (χ4v) is 3.12. The van der Waals surface area contributed by atoms with Crippen molar-refractivity contribution < 1.29 is 18.6 Å². The Morgan fingerprint density at radius 1 is 1.10 bits per heavy atom. The molecule has 0 unspecified atom stereocenters. The number of nitro groups is 1. The van der Waals surface area contributed by atoms with E-state index in [2.05, 4.69) is 10.5 Å². The van der Waals surface area contributed by atoms with Gasteiger partial charge in [-0.05, 0) is 36.4 Å². The summed E-state index contributed by atoms with van der Waals surface area (Å²) in [7, 11) is 0. The second-order valence-corrected chi connectivity index (χ2v) is 6.88. The molecule has 10 heteroatoms. The molecule has 0 bridgehead atoms. The van der Waals surface area contributed by atoms with Crippen LogP contribution in [0.2, 0.25) is 10.0 Å². The predicted octanol–water partition coefficient (Wildman–Crippen LogP) is 5.67. The third-order valence-electron chi connectivity index (χ3n) is 4.14. The number of nitrogens with one attached hydrogen (secondary N) is 1. The normalized spacial score (nSPS) is 11.3. The highest BCUT2D eigenvalue weighted by molar-refractivity contribution is 6.43. The lowest BCUT2D eigenvalue weighted by atomic mass is 10.2. The Kier molecular flexibility index (Phi) is 5.26. The number of hydrogen-bond donors (Lipinski definition) is 1. The number of amides is 1. The Labute approximate surface area is 178 Å². The predicted molar refractivity (Wildman–Crippen MR) is 112 cm³/mol. The topological polar surface area (TPSA) is 111 Å². The van der Waals surface area contributed by atoms with E-state index in [4.69, 9.17) is 32.0 Å². The van der Waals surface area contributed by atoms with Crippen LogP contribution in [0.5, 0.6) is 0 Å². The van der Waals surface area contributed by atoms with Gasteiger partial charge in [0, 0.05) is 23.1 Å². The van der Waals surface area contributed by atoms with Crippen molar-refractivity contribution in [3.8, 4) is 11.3 Å². The minimum atomic E-state index is -0.616. The van der Waals surface area contributed by atoms with Crippen molar-refractivity contribution in [2.45, 2.75) is 0 Å². The van der Waals surface area contributed by atoms with E-state index in [1.165, 1.54) is 30.5 Å². The molecule has 1 N–H and O–H groups in total. The molecule has 0 spiro atoms. The molecule has 4 rings (SSSR count). The van der Waals surface area contributed by atoms with E-state index >= 15 is 0 Å². The molecule has 0 aliphatic rings. The summed E-state index contributed by atoms with van der Waals surface area (Å²) in [6.07, 6.45) is 1.31. The Hall–Kier alpha value is -3.62. The number of carbonyl (C=O) groups excluding carboxylic acids is 1. The number of carbonyl (C=O) groups is 1. The average Bonchev–Trinajstić information content (AvgIpc) is 3.36. The fraction of sp³-hybridized carbons (Fsp3) is 0. The maximum absolute atomic E-state index is 12.2. The van der Waals surface area contributed by atoms with E-state index < -0.39 is 10.8 Å². The maximum Gasteiger partial charge on any atom is 0.307 e. The molecule has 2 aromatic carbocycles. The lowest BCUT2D eigenvalue weighted by Crippen LogP contribution is -2.16. The summed E-state index contributed by atoms with van der Waals surface area (Å²) in [5, 5.41) is 15.9. The molecule has 0 saturated heterocycles. The number of hydrogen-bond acceptors (Lipinski definition) is 6. The largest absolute Gasteiger partial charge is 0.455 e. The van der Waals surface area contributed by atoms with Gasteiger partial charge in [-0.3, -0.25) is 14.9 Å². The van der Waals surface area contributed by atoms with Crippen molar-refractivity contribution in [3.63, 3.8) is 0 Å². The number of rotatable bonds is 5. The molecule has 0 aliphatic heterocycles. The summed E-state index contributed by atoms with van der Waals surface area (Å²) >= 11 is 12.2. The molecule has 0 saturated carbocycles. The van der Waals surface area contributed by atoms with E-state index in [0.29, 0.717) is 38.1 Å². The number of fused-ring (bicyclic) bond motifs is 1. The van der Waals surface area contributed by atoms with Crippen LogP contribution in [0.1, 0.15) is 16.3 Å². The van der Waals surface area contributed by atoms with Gasteiger partial charge in [-0.15, -0.1) is 0 Å². The number of halogens is 2. The van der Waals surface area contributed by atoms with Crippen molar-refractivity contribution in [2.24, 2.45) is 5.10 Å². The van der Waals surface area contributed by atoms with Crippen LogP contribution in [-0.2, 0) is 0 Å². The summed E-state index contributed by atoms with van der Waals surface area (Å²) in [5.41, 5.74) is 3.20. The van der Waals surface area contributed by atoms with E-state index in [1.54, 1.807) is 30.3 Å². The Bertz CT molecular complexity index is 1310. The quantitative estimate of drug-likeness (QED) is 0.242. The molecular weight excluding hydrogens is 433 g/mol. The van der Waals surface area contributed by atoms with Gasteiger partial charge in [0.25, 0.3) is 5.69 Å². The molecule has 1 amide bonds. The average molecular weight is 444 g/mol. The lowest BCUT2D eigenvalue weighted by molar-refractivity contribution is -0.384. The first-order valence-electron chi connectivity index (χ1n) is 8.48. The molecule has 2 heterocycles. The van der Waals surface area contributed by atoms with Gasteiger partial charge in [0.1, 0.15) is 17.1 Å². The number of furan rings is 2. The Balaban J connectivity index is 1.46. The van der Waals surface area contributed by atoms with Crippen molar-refractivity contribution in [3.05, 3.63) is 86.3 Å². The number of benzene rings is 2. The first-order chi connectivity index (χ1) is 14.4. The second-order valence-electron chi connectivity index (χ2n) is 6.09. The highest BCUT2D eigenvalue weighted by Crippen LogP contribution is 2.34. The van der Waals surface area contributed by atoms with Crippen molar-refractivity contribution >= 4 is 52.0 Å². The zero-order valence-electron chi connectivity index (χ0n) is 15.0. The molecular formula is C20H11Cl2N3O5. The number of nitro benzene ring substituents is 1. The third-order valence-corrected chi connectivity index (χ3v) is 4.96. The van der Waals surface area contributed by atoms with Gasteiger partial charge in [-0.1, -0.05) is 29.3 Å². The lowest BCUT2D eigenvalue weighted by Gasteiger charge is -2.01. The molecule has 0 fully saturated rings. The van der Waals surface area contributed by atoms with Gasteiger partial charge in [-0.25, -0.2) is 5.43 Å². The fourth-order valence-electron chi connectivity index (χ4n) is 2.73. The van der Waals surface area contributed by atoms with E-state index in [9.17, 15) is 14.9 Å². The van der Waals surface area contributed by atoms with E-state index in [1.807, 2.05) is 0 Å². The molecule has 0 atom stereocenters. The SMILES string of the molecule is O=C(N/N=C/c1ccc(-c2cccc(Cl)c2Cl)o1)c1cc2cc([N+](=O)[O-])ccc2o1. The third kappa shape index (κ3) is 3.91. The standard InChI is InChI=1S/C20H11Cl2N3O5/c21-15-3-1-2-14(19(15)22)17-7-5-13(29-17)10-23-24-20(26)18-9-11-8-12(25(27)28)4-6-16(11)30-18/h1-10H,(H,24,26)/b23-10+.